The maximum Gasteiger partial charge on any atom is 0.310 e. The zero-order chi connectivity index (χ0) is 8.78. The lowest BCUT2D eigenvalue weighted by Crippen LogP contribution is -2.80. The third-order valence-electron chi connectivity index (χ3n) is 5.57. The maximum absolute atomic E-state index is 11.1. The van der Waals surface area contributed by atoms with Crippen LogP contribution in [0.1, 0.15) is 33.1 Å². The lowest BCUT2D eigenvalue weighted by molar-refractivity contribution is -0.336. The second-order valence-corrected chi connectivity index (χ2v) is 5.29. The number of hydrogen-bond acceptors (Lipinski definition) is 1. The fourth-order valence-electron chi connectivity index (χ4n) is 4.69. The van der Waals surface area contributed by atoms with Gasteiger partial charge in [0.05, 0.1) is 5.41 Å². The van der Waals surface area contributed by atoms with Crippen LogP contribution >= 0.6 is 0 Å². The largest absolute Gasteiger partial charge is 0.481 e. The summed E-state index contributed by atoms with van der Waals surface area (Å²) < 4.78 is 0. The topological polar surface area (TPSA) is 37.3 Å². The summed E-state index contributed by atoms with van der Waals surface area (Å²) >= 11 is 0. The Morgan fingerprint density at radius 2 is 2.17 bits per heavy atom. The Morgan fingerprint density at radius 1 is 1.50 bits per heavy atom. The van der Waals surface area contributed by atoms with Crippen LogP contribution in [0.15, 0.2) is 0 Å². The van der Waals surface area contributed by atoms with Crippen molar-refractivity contribution in [3.05, 3.63) is 0 Å². The summed E-state index contributed by atoms with van der Waals surface area (Å²) in [6, 6.07) is 0. The van der Waals surface area contributed by atoms with Gasteiger partial charge in [-0.3, -0.25) is 4.79 Å². The minimum atomic E-state index is -0.531. The van der Waals surface area contributed by atoms with Crippen LogP contribution in [0.4, 0.5) is 0 Å². The minimum Gasteiger partial charge on any atom is -0.481 e. The highest BCUT2D eigenvalue weighted by Crippen LogP contribution is 2.93. The van der Waals surface area contributed by atoms with Crippen molar-refractivity contribution in [1.82, 2.24) is 0 Å². The van der Waals surface area contributed by atoms with Gasteiger partial charge < -0.3 is 5.11 Å². The third kappa shape index (κ3) is 0.301. The first kappa shape index (κ1) is 6.93. The average molecular weight is 166 g/mol. The third-order valence-corrected chi connectivity index (χ3v) is 5.57. The van der Waals surface area contributed by atoms with E-state index < -0.39 is 5.97 Å². The Morgan fingerprint density at radius 3 is 2.42 bits per heavy atom. The van der Waals surface area contributed by atoms with Crippen molar-refractivity contribution in [3.63, 3.8) is 0 Å². The normalized spacial score (nSPS) is 65.3. The molecule has 4 bridgehead atoms. The SMILES string of the molecule is C[C@@]12CC[C@@H]3[C@]1(C)C[C@]32C(=O)O. The molecule has 0 heterocycles. The molecule has 0 unspecified atom stereocenters. The Balaban J connectivity index is 2.12. The van der Waals surface area contributed by atoms with E-state index in [1.54, 1.807) is 0 Å². The number of hydrogen-bond donors (Lipinski definition) is 1. The van der Waals surface area contributed by atoms with Crippen molar-refractivity contribution in [2.75, 3.05) is 0 Å². The molecule has 0 aromatic carbocycles. The molecule has 0 aromatic rings. The van der Waals surface area contributed by atoms with Crippen LogP contribution in [-0.2, 0) is 4.79 Å². The number of carboxylic acids is 1. The van der Waals surface area contributed by atoms with Gasteiger partial charge in [0, 0.05) is 0 Å². The predicted molar refractivity (Wildman–Crippen MR) is 43.6 cm³/mol. The summed E-state index contributed by atoms with van der Waals surface area (Å²) in [6.45, 7) is 4.45. The van der Waals surface area contributed by atoms with E-state index in [9.17, 15) is 9.90 Å². The molecule has 0 amide bonds. The summed E-state index contributed by atoms with van der Waals surface area (Å²) in [4.78, 5) is 11.1. The van der Waals surface area contributed by atoms with Crippen molar-refractivity contribution < 1.29 is 9.90 Å². The van der Waals surface area contributed by atoms with E-state index in [2.05, 4.69) is 13.8 Å². The number of fused-ring (bicyclic) bond motifs is 1. The van der Waals surface area contributed by atoms with Crippen LogP contribution < -0.4 is 0 Å². The van der Waals surface area contributed by atoms with Gasteiger partial charge in [0.15, 0.2) is 0 Å². The molecular formula is C10H14O2. The number of aliphatic carboxylic acids is 1. The van der Waals surface area contributed by atoms with Crippen molar-refractivity contribution in [3.8, 4) is 0 Å². The molecule has 4 atom stereocenters. The second-order valence-electron chi connectivity index (χ2n) is 5.29. The first-order chi connectivity index (χ1) is 5.49. The van der Waals surface area contributed by atoms with Crippen LogP contribution in [0.3, 0.4) is 0 Å². The van der Waals surface area contributed by atoms with Crippen molar-refractivity contribution in [2.45, 2.75) is 33.1 Å². The summed E-state index contributed by atoms with van der Waals surface area (Å²) in [7, 11) is 0. The Labute approximate surface area is 72.0 Å². The molecule has 2 nitrogen and oxygen atoms in total. The van der Waals surface area contributed by atoms with Gasteiger partial charge in [0.2, 0.25) is 0 Å². The standard InChI is InChI=1S/C10H14O2/c1-8-5-10(7(11)12)6(8)3-4-9(8,10)2/h6H,3-5H2,1-2H3,(H,11,12)/t6-,8+,9-,10-/m1/s1. The van der Waals surface area contributed by atoms with Gasteiger partial charge in [-0.15, -0.1) is 0 Å². The fourth-order valence-corrected chi connectivity index (χ4v) is 4.69. The quantitative estimate of drug-likeness (QED) is 0.646. The molecule has 5 aliphatic rings. The van der Waals surface area contributed by atoms with Crippen LogP contribution in [0, 0.1) is 22.2 Å². The van der Waals surface area contributed by atoms with Gasteiger partial charge >= 0.3 is 5.97 Å². The maximum atomic E-state index is 11.1. The molecule has 5 fully saturated rings. The Bertz CT molecular complexity index is 298. The van der Waals surface area contributed by atoms with E-state index in [4.69, 9.17) is 0 Å². The molecule has 0 saturated heterocycles. The van der Waals surface area contributed by atoms with Crippen molar-refractivity contribution in [2.24, 2.45) is 22.2 Å². The summed E-state index contributed by atoms with van der Waals surface area (Å²) in [5, 5.41) is 9.19. The number of carboxylic acid groups (broad SMARTS) is 1. The molecule has 0 aliphatic heterocycles. The molecular weight excluding hydrogens is 152 g/mol. The van der Waals surface area contributed by atoms with Gasteiger partial charge in [-0.2, -0.15) is 0 Å². The van der Waals surface area contributed by atoms with E-state index in [0.29, 0.717) is 11.3 Å². The highest BCUT2D eigenvalue weighted by molar-refractivity contribution is 5.83. The number of carbonyl (C=O) groups is 1. The van der Waals surface area contributed by atoms with E-state index in [0.717, 1.165) is 19.3 Å². The molecule has 5 saturated carbocycles. The van der Waals surface area contributed by atoms with E-state index in [1.807, 2.05) is 0 Å². The van der Waals surface area contributed by atoms with Crippen LogP contribution in [-0.4, -0.2) is 11.1 Å². The van der Waals surface area contributed by atoms with Crippen LogP contribution in [0.5, 0.6) is 0 Å². The average Bonchev–Trinajstić information content (AvgIpc) is 2.33. The fraction of sp³-hybridized carbons (Fsp3) is 0.900. The summed E-state index contributed by atoms with van der Waals surface area (Å²) in [5.74, 6) is -0.0243. The molecule has 5 rings (SSSR count). The summed E-state index contributed by atoms with van der Waals surface area (Å²) in [6.07, 6.45) is 3.23. The predicted octanol–water partition coefficient (Wildman–Crippen LogP) is 1.90. The van der Waals surface area contributed by atoms with Gasteiger partial charge in [-0.25, -0.2) is 0 Å². The van der Waals surface area contributed by atoms with E-state index >= 15 is 0 Å². The molecule has 0 aromatic heterocycles. The lowest BCUT2D eigenvalue weighted by Gasteiger charge is -2.80. The molecule has 0 radical (unpaired) electrons. The summed E-state index contributed by atoms with van der Waals surface area (Å²) in [5.41, 5.74) is 0.254. The monoisotopic (exact) mass is 166 g/mol. The Kier molecular flexibility index (Phi) is 0.774. The highest BCUT2D eigenvalue weighted by Gasteiger charge is 2.91. The highest BCUT2D eigenvalue weighted by atomic mass is 16.4. The van der Waals surface area contributed by atoms with Gasteiger partial charge in [-0.1, -0.05) is 13.8 Å². The van der Waals surface area contributed by atoms with Gasteiger partial charge in [0.25, 0.3) is 0 Å². The van der Waals surface area contributed by atoms with Gasteiger partial charge in [-0.05, 0) is 36.0 Å². The van der Waals surface area contributed by atoms with E-state index in [-0.39, 0.29) is 10.8 Å². The van der Waals surface area contributed by atoms with Crippen LogP contribution in [0.25, 0.3) is 0 Å². The first-order valence-corrected chi connectivity index (χ1v) is 4.72. The van der Waals surface area contributed by atoms with Crippen molar-refractivity contribution >= 4 is 5.97 Å². The molecule has 0 spiro atoms. The lowest BCUT2D eigenvalue weighted by atomic mass is 9.22. The smallest absolute Gasteiger partial charge is 0.310 e. The van der Waals surface area contributed by atoms with Crippen LogP contribution in [0.2, 0.25) is 0 Å². The molecule has 66 valence electrons. The zero-order valence-corrected chi connectivity index (χ0v) is 7.55. The molecule has 12 heavy (non-hydrogen) atoms. The molecule has 1 N–H and O–H groups in total. The van der Waals surface area contributed by atoms with Crippen molar-refractivity contribution in [1.29, 1.82) is 0 Å². The molecule has 2 heteroatoms. The number of rotatable bonds is 1. The zero-order valence-electron chi connectivity index (χ0n) is 7.55. The minimum absolute atomic E-state index is 0.149. The first-order valence-electron chi connectivity index (χ1n) is 4.72. The second kappa shape index (κ2) is 1.34. The molecule has 5 aliphatic carbocycles. The Hall–Kier alpha value is -0.530. The van der Waals surface area contributed by atoms with Gasteiger partial charge in [0.1, 0.15) is 0 Å². The van der Waals surface area contributed by atoms with E-state index in [1.165, 1.54) is 0 Å².